The summed E-state index contributed by atoms with van der Waals surface area (Å²) in [6.07, 6.45) is 0.854. The predicted octanol–water partition coefficient (Wildman–Crippen LogP) is -0.309. The quantitative estimate of drug-likeness (QED) is 0.540. The molecule has 0 atom stereocenters. The van der Waals surface area contributed by atoms with Crippen LogP contribution in [0.3, 0.4) is 0 Å². The Morgan fingerprint density at radius 3 is 2.33 bits per heavy atom. The molecule has 2 N–H and O–H groups in total. The van der Waals surface area contributed by atoms with Gasteiger partial charge in [-0.3, -0.25) is 9.59 Å². The molecule has 0 radical (unpaired) electrons. The van der Waals surface area contributed by atoms with Crippen molar-refractivity contribution < 1.29 is 9.59 Å². The van der Waals surface area contributed by atoms with E-state index in [4.69, 9.17) is 0 Å². The van der Waals surface area contributed by atoms with Gasteiger partial charge in [-0.05, 0) is 19.9 Å². The molecule has 0 spiro atoms. The van der Waals surface area contributed by atoms with Crippen molar-refractivity contribution in [2.45, 2.75) is 20.3 Å². The van der Waals surface area contributed by atoms with Crippen LogP contribution in [0.15, 0.2) is 0 Å². The first-order valence-corrected chi connectivity index (χ1v) is 4.07. The number of Topliss-reactive ketones (excluding diaryl/α,β-unsaturated/α-hetero) is 1. The predicted molar refractivity (Wildman–Crippen MR) is 46.9 cm³/mol. The SMILES string of the molecule is CC(=O)CNCCCNC(C)=O. The Bertz CT molecular complexity index is 139. The largest absolute Gasteiger partial charge is 0.356 e. The fourth-order valence-electron chi connectivity index (χ4n) is 0.742. The van der Waals surface area contributed by atoms with Gasteiger partial charge in [-0.15, -0.1) is 0 Å². The molecule has 4 heteroatoms. The molecular formula is C8H16N2O2. The topological polar surface area (TPSA) is 58.2 Å². The van der Waals surface area contributed by atoms with Gasteiger partial charge in [-0.25, -0.2) is 0 Å². The lowest BCUT2D eigenvalue weighted by atomic mass is 10.4. The standard InChI is InChI=1S/C8H16N2O2/c1-7(11)6-9-4-3-5-10-8(2)12/h9H,3-6H2,1-2H3,(H,10,12). The van der Waals surface area contributed by atoms with Gasteiger partial charge in [0.05, 0.1) is 6.54 Å². The minimum atomic E-state index is -0.0124. The van der Waals surface area contributed by atoms with E-state index in [0.29, 0.717) is 13.1 Å². The van der Waals surface area contributed by atoms with Crippen molar-refractivity contribution in [3.63, 3.8) is 0 Å². The second-order valence-electron chi connectivity index (χ2n) is 2.72. The van der Waals surface area contributed by atoms with Crippen molar-refractivity contribution in [2.24, 2.45) is 0 Å². The molecule has 4 nitrogen and oxygen atoms in total. The molecule has 1 amide bonds. The highest BCUT2D eigenvalue weighted by Gasteiger charge is 1.92. The number of amides is 1. The first-order chi connectivity index (χ1) is 5.63. The summed E-state index contributed by atoms with van der Waals surface area (Å²) in [5.41, 5.74) is 0. The summed E-state index contributed by atoms with van der Waals surface area (Å²) in [6, 6.07) is 0. The van der Waals surface area contributed by atoms with Gasteiger partial charge in [-0.1, -0.05) is 0 Å². The summed E-state index contributed by atoms with van der Waals surface area (Å²) >= 11 is 0. The molecule has 0 saturated heterocycles. The smallest absolute Gasteiger partial charge is 0.216 e. The molecule has 0 aliphatic heterocycles. The molecule has 0 saturated carbocycles. The Morgan fingerprint density at radius 2 is 1.83 bits per heavy atom. The Balaban J connectivity index is 3.01. The van der Waals surface area contributed by atoms with E-state index < -0.39 is 0 Å². The number of carbonyl (C=O) groups excluding carboxylic acids is 2. The van der Waals surface area contributed by atoms with E-state index in [9.17, 15) is 9.59 Å². The van der Waals surface area contributed by atoms with Gasteiger partial charge in [-0.2, -0.15) is 0 Å². The maximum absolute atomic E-state index is 10.5. The van der Waals surface area contributed by atoms with Crippen molar-refractivity contribution >= 4 is 11.7 Å². The molecule has 0 aromatic carbocycles. The summed E-state index contributed by atoms with van der Waals surface area (Å²) < 4.78 is 0. The van der Waals surface area contributed by atoms with E-state index in [1.165, 1.54) is 6.92 Å². The number of carbonyl (C=O) groups is 2. The van der Waals surface area contributed by atoms with Crippen LogP contribution in [0.4, 0.5) is 0 Å². The number of rotatable bonds is 6. The molecule has 0 rings (SSSR count). The summed E-state index contributed by atoms with van der Waals surface area (Å²) in [6.45, 7) is 4.88. The zero-order valence-corrected chi connectivity index (χ0v) is 7.64. The third kappa shape index (κ3) is 9.10. The van der Waals surface area contributed by atoms with Crippen LogP contribution in [0.25, 0.3) is 0 Å². The van der Waals surface area contributed by atoms with E-state index in [1.54, 1.807) is 6.92 Å². The number of ketones is 1. The second-order valence-corrected chi connectivity index (χ2v) is 2.72. The Kier molecular flexibility index (Phi) is 6.28. The molecule has 0 aliphatic carbocycles. The summed E-state index contributed by atoms with van der Waals surface area (Å²) in [5, 5.41) is 5.63. The summed E-state index contributed by atoms with van der Waals surface area (Å²) in [7, 11) is 0. The van der Waals surface area contributed by atoms with E-state index >= 15 is 0 Å². The van der Waals surface area contributed by atoms with Crippen LogP contribution in [0, 0.1) is 0 Å². The van der Waals surface area contributed by atoms with Crippen molar-refractivity contribution in [3.05, 3.63) is 0 Å². The lowest BCUT2D eigenvalue weighted by Gasteiger charge is -2.02. The van der Waals surface area contributed by atoms with Gasteiger partial charge < -0.3 is 10.6 Å². The Morgan fingerprint density at radius 1 is 1.17 bits per heavy atom. The first-order valence-electron chi connectivity index (χ1n) is 4.07. The zero-order valence-electron chi connectivity index (χ0n) is 7.64. The minimum Gasteiger partial charge on any atom is -0.356 e. The third-order valence-electron chi connectivity index (χ3n) is 1.28. The van der Waals surface area contributed by atoms with E-state index in [-0.39, 0.29) is 11.7 Å². The van der Waals surface area contributed by atoms with Crippen LogP contribution < -0.4 is 10.6 Å². The molecule has 0 aliphatic rings. The zero-order chi connectivity index (χ0) is 9.40. The van der Waals surface area contributed by atoms with Gasteiger partial charge >= 0.3 is 0 Å². The van der Waals surface area contributed by atoms with Gasteiger partial charge in [0.2, 0.25) is 5.91 Å². The van der Waals surface area contributed by atoms with Crippen LogP contribution in [0.1, 0.15) is 20.3 Å². The molecule has 0 aromatic heterocycles. The number of nitrogens with one attached hydrogen (secondary N) is 2. The monoisotopic (exact) mass is 172 g/mol. The lowest BCUT2D eigenvalue weighted by Crippen LogP contribution is -2.27. The average molecular weight is 172 g/mol. The Hall–Kier alpha value is -0.900. The lowest BCUT2D eigenvalue weighted by molar-refractivity contribution is -0.119. The highest BCUT2D eigenvalue weighted by molar-refractivity contribution is 5.77. The first kappa shape index (κ1) is 11.1. The van der Waals surface area contributed by atoms with Crippen molar-refractivity contribution in [1.82, 2.24) is 10.6 Å². The average Bonchev–Trinajstić information content (AvgIpc) is 1.95. The molecule has 0 aromatic rings. The van der Waals surface area contributed by atoms with Crippen molar-refractivity contribution in [3.8, 4) is 0 Å². The van der Waals surface area contributed by atoms with Gasteiger partial charge in [0.15, 0.2) is 0 Å². The van der Waals surface area contributed by atoms with Crippen LogP contribution in [0.2, 0.25) is 0 Å². The molecule has 70 valence electrons. The summed E-state index contributed by atoms with van der Waals surface area (Å²) in [5.74, 6) is 0.121. The van der Waals surface area contributed by atoms with Gasteiger partial charge in [0, 0.05) is 13.5 Å². The Labute approximate surface area is 72.7 Å². The van der Waals surface area contributed by atoms with Crippen LogP contribution in [-0.2, 0) is 9.59 Å². The maximum Gasteiger partial charge on any atom is 0.216 e. The second kappa shape index (κ2) is 6.79. The summed E-state index contributed by atoms with van der Waals surface area (Å²) in [4.78, 5) is 20.9. The van der Waals surface area contributed by atoms with Crippen LogP contribution in [-0.4, -0.2) is 31.3 Å². The van der Waals surface area contributed by atoms with E-state index in [1.807, 2.05) is 0 Å². The number of hydrogen-bond acceptors (Lipinski definition) is 3. The maximum atomic E-state index is 10.5. The van der Waals surface area contributed by atoms with Gasteiger partial charge in [0.25, 0.3) is 0 Å². The van der Waals surface area contributed by atoms with E-state index in [0.717, 1.165) is 13.0 Å². The molecule has 0 heterocycles. The molecule has 12 heavy (non-hydrogen) atoms. The highest BCUT2D eigenvalue weighted by Crippen LogP contribution is 1.73. The normalized spacial score (nSPS) is 9.50. The van der Waals surface area contributed by atoms with Gasteiger partial charge in [0.1, 0.15) is 5.78 Å². The fourth-order valence-corrected chi connectivity index (χ4v) is 0.742. The molecular weight excluding hydrogens is 156 g/mol. The highest BCUT2D eigenvalue weighted by atomic mass is 16.1. The van der Waals surface area contributed by atoms with Crippen LogP contribution >= 0.6 is 0 Å². The molecule has 0 bridgehead atoms. The number of hydrogen-bond donors (Lipinski definition) is 2. The molecule has 0 fully saturated rings. The minimum absolute atomic E-state index is 0.0124. The van der Waals surface area contributed by atoms with Crippen LogP contribution in [0.5, 0.6) is 0 Å². The third-order valence-corrected chi connectivity index (χ3v) is 1.28. The molecule has 0 unspecified atom stereocenters. The van der Waals surface area contributed by atoms with E-state index in [2.05, 4.69) is 10.6 Å². The van der Waals surface area contributed by atoms with Crippen molar-refractivity contribution in [1.29, 1.82) is 0 Å². The van der Waals surface area contributed by atoms with Crippen molar-refractivity contribution in [2.75, 3.05) is 19.6 Å². The fraction of sp³-hybridized carbons (Fsp3) is 0.750.